The second-order valence-electron chi connectivity index (χ2n) is 4.68. The molecule has 3 heterocycles. The monoisotopic (exact) mass is 256 g/mol. The summed E-state index contributed by atoms with van der Waals surface area (Å²) in [5, 5.41) is 0. The predicted octanol–water partition coefficient (Wildman–Crippen LogP) is 2.70. The lowest BCUT2D eigenvalue weighted by Crippen LogP contribution is -2.39. The van der Waals surface area contributed by atoms with E-state index < -0.39 is 0 Å². The van der Waals surface area contributed by atoms with Crippen LogP contribution in [0.4, 0.5) is 0 Å². The Hall–Kier alpha value is -2.23. The van der Waals surface area contributed by atoms with Crippen molar-refractivity contribution in [3.8, 4) is 0 Å². The van der Waals surface area contributed by atoms with E-state index in [1.165, 1.54) is 5.69 Å². The Bertz CT molecular complexity index is 595. The highest BCUT2D eigenvalue weighted by atomic mass is 16.3. The molecular weight excluding hydrogens is 240 g/mol. The van der Waals surface area contributed by atoms with Crippen molar-refractivity contribution in [1.29, 1.82) is 0 Å². The van der Waals surface area contributed by atoms with E-state index >= 15 is 0 Å². The van der Waals surface area contributed by atoms with Gasteiger partial charge in [0.25, 0.3) is 0 Å². The first kappa shape index (κ1) is 11.8. The predicted molar refractivity (Wildman–Crippen MR) is 72.3 cm³/mol. The van der Waals surface area contributed by atoms with Crippen LogP contribution in [0.5, 0.6) is 0 Å². The number of rotatable bonds is 2. The van der Waals surface area contributed by atoms with Gasteiger partial charge in [0.05, 0.1) is 12.3 Å². The molecule has 4 nitrogen and oxygen atoms in total. The second-order valence-corrected chi connectivity index (χ2v) is 4.68. The number of hydrogen-bond donors (Lipinski definition) is 0. The zero-order chi connectivity index (χ0) is 13.2. The van der Waals surface area contributed by atoms with Crippen LogP contribution in [0, 0.1) is 0 Å². The molecule has 0 saturated heterocycles. The highest BCUT2D eigenvalue weighted by Crippen LogP contribution is 2.25. The molecule has 0 aromatic carbocycles. The zero-order valence-electron chi connectivity index (χ0n) is 10.8. The van der Waals surface area contributed by atoms with Crippen molar-refractivity contribution in [3.63, 3.8) is 0 Å². The van der Waals surface area contributed by atoms with Crippen LogP contribution in [0.1, 0.15) is 24.4 Å². The Labute approximate surface area is 111 Å². The summed E-state index contributed by atoms with van der Waals surface area (Å²) in [5.41, 5.74) is 1.19. The molecule has 0 bridgehead atoms. The van der Waals surface area contributed by atoms with Gasteiger partial charge in [-0.05, 0) is 37.3 Å². The van der Waals surface area contributed by atoms with Crippen molar-refractivity contribution in [2.24, 2.45) is 0 Å². The number of fused-ring (bicyclic) bond motifs is 1. The van der Waals surface area contributed by atoms with Crippen LogP contribution in [-0.4, -0.2) is 21.9 Å². The van der Waals surface area contributed by atoms with Crippen LogP contribution in [0.2, 0.25) is 0 Å². The van der Waals surface area contributed by atoms with E-state index in [9.17, 15) is 4.79 Å². The number of carbonyl (C=O) groups is 1. The van der Waals surface area contributed by atoms with Crippen molar-refractivity contribution >= 4 is 12.0 Å². The molecule has 0 radical (unpaired) electrons. The van der Waals surface area contributed by atoms with Crippen LogP contribution >= 0.6 is 0 Å². The molecule has 1 unspecified atom stereocenters. The molecule has 0 aliphatic carbocycles. The molecule has 1 atom stereocenters. The normalized spacial score (nSPS) is 18.8. The van der Waals surface area contributed by atoms with E-state index in [2.05, 4.69) is 23.8 Å². The van der Waals surface area contributed by atoms with Crippen LogP contribution in [0.15, 0.2) is 47.2 Å². The van der Waals surface area contributed by atoms with Gasteiger partial charge in [0, 0.05) is 31.1 Å². The maximum absolute atomic E-state index is 12.2. The maximum atomic E-state index is 12.2. The molecule has 3 rings (SSSR count). The number of carbonyl (C=O) groups excluding carboxylic acids is 1. The molecule has 1 aliphatic heterocycles. The fourth-order valence-electron chi connectivity index (χ4n) is 2.52. The van der Waals surface area contributed by atoms with E-state index in [0.29, 0.717) is 5.76 Å². The summed E-state index contributed by atoms with van der Waals surface area (Å²) >= 11 is 0. The number of nitrogens with zero attached hydrogens (tertiary/aromatic N) is 2. The Morgan fingerprint density at radius 3 is 3.05 bits per heavy atom. The average Bonchev–Trinajstić information content (AvgIpc) is 3.07. The molecule has 98 valence electrons. The first-order valence-corrected chi connectivity index (χ1v) is 6.43. The summed E-state index contributed by atoms with van der Waals surface area (Å²) in [6, 6.07) is 7.84. The lowest BCUT2D eigenvalue weighted by atomic mass is 10.1. The van der Waals surface area contributed by atoms with Crippen LogP contribution < -0.4 is 0 Å². The molecule has 0 fully saturated rings. The van der Waals surface area contributed by atoms with Crippen molar-refractivity contribution in [2.45, 2.75) is 19.5 Å². The first-order chi connectivity index (χ1) is 9.25. The minimum Gasteiger partial charge on any atom is -0.465 e. The summed E-state index contributed by atoms with van der Waals surface area (Å²) in [6.45, 7) is 3.65. The van der Waals surface area contributed by atoms with Gasteiger partial charge in [0.15, 0.2) is 0 Å². The van der Waals surface area contributed by atoms with Gasteiger partial charge in [-0.2, -0.15) is 0 Å². The fourth-order valence-corrected chi connectivity index (χ4v) is 2.52. The van der Waals surface area contributed by atoms with Gasteiger partial charge in [-0.1, -0.05) is 0 Å². The van der Waals surface area contributed by atoms with Crippen molar-refractivity contribution in [1.82, 2.24) is 9.47 Å². The first-order valence-electron chi connectivity index (χ1n) is 6.43. The summed E-state index contributed by atoms with van der Waals surface area (Å²) in [5.74, 6) is 0.720. The van der Waals surface area contributed by atoms with Crippen LogP contribution in [0.25, 0.3) is 6.08 Å². The van der Waals surface area contributed by atoms with Crippen molar-refractivity contribution < 1.29 is 9.21 Å². The van der Waals surface area contributed by atoms with Gasteiger partial charge in [-0.3, -0.25) is 4.79 Å². The minimum atomic E-state index is 0.0244. The summed E-state index contributed by atoms with van der Waals surface area (Å²) in [7, 11) is 0. The highest BCUT2D eigenvalue weighted by Gasteiger charge is 2.25. The van der Waals surface area contributed by atoms with Gasteiger partial charge in [-0.15, -0.1) is 0 Å². The Balaban J connectivity index is 1.75. The van der Waals surface area contributed by atoms with Gasteiger partial charge < -0.3 is 13.9 Å². The van der Waals surface area contributed by atoms with Gasteiger partial charge in [0.1, 0.15) is 5.76 Å². The molecule has 0 N–H and O–H groups in total. The lowest BCUT2D eigenvalue weighted by molar-refractivity contribution is -0.129. The van der Waals surface area contributed by atoms with Crippen LogP contribution in [0.3, 0.4) is 0 Å². The third-order valence-corrected chi connectivity index (χ3v) is 3.56. The summed E-state index contributed by atoms with van der Waals surface area (Å²) < 4.78 is 7.38. The molecule has 2 aromatic heterocycles. The molecule has 2 aromatic rings. The molecule has 0 spiro atoms. The van der Waals surface area contributed by atoms with Crippen molar-refractivity contribution in [3.05, 3.63) is 54.3 Å². The van der Waals surface area contributed by atoms with Gasteiger partial charge in [-0.25, -0.2) is 0 Å². The van der Waals surface area contributed by atoms with E-state index in [-0.39, 0.29) is 11.9 Å². The standard InChI is InChI=1S/C15H16N2O2/c1-12-14-5-2-8-16(14)9-10-17(12)15(18)7-6-13-4-3-11-19-13/h2-8,11-12H,9-10H2,1H3/b7-6+. The zero-order valence-corrected chi connectivity index (χ0v) is 10.8. The quantitative estimate of drug-likeness (QED) is 0.775. The third-order valence-electron chi connectivity index (χ3n) is 3.56. The largest absolute Gasteiger partial charge is 0.465 e. The van der Waals surface area contributed by atoms with Crippen LogP contribution in [-0.2, 0) is 11.3 Å². The summed E-state index contributed by atoms with van der Waals surface area (Å²) in [6.07, 6.45) is 6.95. The molecular formula is C15H16N2O2. The average molecular weight is 256 g/mol. The van der Waals surface area contributed by atoms with E-state index in [1.54, 1.807) is 24.5 Å². The minimum absolute atomic E-state index is 0.0244. The Kier molecular flexibility index (Phi) is 2.99. The molecule has 1 aliphatic rings. The smallest absolute Gasteiger partial charge is 0.247 e. The summed E-state index contributed by atoms with van der Waals surface area (Å²) in [4.78, 5) is 14.1. The topological polar surface area (TPSA) is 38.4 Å². The number of furan rings is 1. The fraction of sp³-hybridized carbons (Fsp3) is 0.267. The number of amides is 1. The van der Waals surface area contributed by atoms with E-state index in [4.69, 9.17) is 4.42 Å². The molecule has 4 heteroatoms. The van der Waals surface area contributed by atoms with E-state index in [0.717, 1.165) is 13.1 Å². The second kappa shape index (κ2) is 4.80. The number of hydrogen-bond acceptors (Lipinski definition) is 2. The molecule has 1 amide bonds. The maximum Gasteiger partial charge on any atom is 0.247 e. The van der Waals surface area contributed by atoms with Gasteiger partial charge >= 0.3 is 0 Å². The van der Waals surface area contributed by atoms with Crippen molar-refractivity contribution in [2.75, 3.05) is 6.54 Å². The third kappa shape index (κ3) is 2.21. The number of aromatic nitrogens is 1. The lowest BCUT2D eigenvalue weighted by Gasteiger charge is -2.34. The SMILES string of the molecule is CC1c2cccn2CCN1C(=O)/C=C/c1ccco1. The highest BCUT2D eigenvalue weighted by molar-refractivity contribution is 5.91. The van der Waals surface area contributed by atoms with E-state index in [1.807, 2.05) is 17.0 Å². The Morgan fingerprint density at radius 2 is 2.26 bits per heavy atom. The molecule has 0 saturated carbocycles. The molecule has 19 heavy (non-hydrogen) atoms. The Morgan fingerprint density at radius 1 is 1.37 bits per heavy atom. The van der Waals surface area contributed by atoms with Gasteiger partial charge in [0.2, 0.25) is 5.91 Å².